The Morgan fingerprint density at radius 2 is 2.10 bits per heavy atom. The molecule has 108 valence electrons. The fraction of sp³-hybridized carbons (Fsp3) is 0.167. The van der Waals surface area contributed by atoms with Crippen molar-refractivity contribution in [3.05, 3.63) is 44.0 Å². The Morgan fingerprint density at radius 3 is 2.75 bits per heavy atom. The maximum atomic E-state index is 12.4. The summed E-state index contributed by atoms with van der Waals surface area (Å²) >= 11 is 10.7. The molecule has 0 aliphatic rings. The highest BCUT2D eigenvalue weighted by molar-refractivity contribution is 9.10. The van der Waals surface area contributed by atoms with Gasteiger partial charge in [-0.1, -0.05) is 27.5 Å². The van der Waals surface area contributed by atoms with E-state index in [1.54, 1.807) is 36.7 Å². The minimum absolute atomic E-state index is 0.274. The Labute approximate surface area is 135 Å². The molecule has 0 saturated heterocycles. The first kappa shape index (κ1) is 15.8. The highest BCUT2D eigenvalue weighted by Gasteiger charge is 2.20. The van der Waals surface area contributed by atoms with Crippen LogP contribution in [0.25, 0.3) is 0 Å². The second-order valence-corrected chi connectivity index (χ2v) is 7.94. The third kappa shape index (κ3) is 3.53. The number of benzene rings is 1. The lowest BCUT2D eigenvalue weighted by Gasteiger charge is -2.10. The smallest absolute Gasteiger partial charge is 0.263 e. The van der Waals surface area contributed by atoms with Crippen LogP contribution in [-0.4, -0.2) is 15.5 Å². The van der Waals surface area contributed by atoms with Gasteiger partial charge in [-0.2, -0.15) is 0 Å². The summed E-state index contributed by atoms with van der Waals surface area (Å²) in [6.07, 6.45) is 0. The molecule has 0 unspecified atom stereocenters. The molecule has 8 heteroatoms. The van der Waals surface area contributed by atoms with Gasteiger partial charge in [0.05, 0.1) is 10.7 Å². The molecule has 0 bridgehead atoms. The molecule has 2 N–H and O–H groups in total. The quantitative estimate of drug-likeness (QED) is 0.812. The second-order valence-electron chi connectivity index (χ2n) is 3.97. The van der Waals surface area contributed by atoms with Crippen LogP contribution < -0.4 is 10.0 Å². The van der Waals surface area contributed by atoms with Gasteiger partial charge in [-0.25, -0.2) is 8.42 Å². The van der Waals surface area contributed by atoms with Crippen molar-refractivity contribution in [3.8, 4) is 0 Å². The Bertz CT molecular complexity index is 716. The van der Waals surface area contributed by atoms with Crippen molar-refractivity contribution in [2.24, 2.45) is 0 Å². The first-order valence-electron chi connectivity index (χ1n) is 5.63. The van der Waals surface area contributed by atoms with Gasteiger partial charge in [0.15, 0.2) is 0 Å². The van der Waals surface area contributed by atoms with Crippen LogP contribution in [0.15, 0.2) is 39.0 Å². The van der Waals surface area contributed by atoms with Crippen LogP contribution in [-0.2, 0) is 16.6 Å². The molecule has 0 radical (unpaired) electrons. The van der Waals surface area contributed by atoms with Gasteiger partial charge in [-0.3, -0.25) is 4.72 Å². The molecule has 4 nitrogen and oxygen atoms in total. The lowest BCUT2D eigenvalue weighted by Crippen LogP contribution is -2.15. The highest BCUT2D eigenvalue weighted by Crippen LogP contribution is 2.29. The molecule has 20 heavy (non-hydrogen) atoms. The summed E-state index contributed by atoms with van der Waals surface area (Å²) in [5.41, 5.74) is 0.358. The summed E-state index contributed by atoms with van der Waals surface area (Å²) < 4.78 is 28.1. The highest BCUT2D eigenvalue weighted by atomic mass is 79.9. The molecule has 0 aliphatic carbocycles. The van der Waals surface area contributed by atoms with Gasteiger partial charge >= 0.3 is 0 Å². The average molecular weight is 396 g/mol. The van der Waals surface area contributed by atoms with E-state index in [0.29, 0.717) is 17.3 Å². The van der Waals surface area contributed by atoms with Crippen molar-refractivity contribution in [1.29, 1.82) is 0 Å². The molecule has 0 aliphatic heterocycles. The van der Waals surface area contributed by atoms with E-state index < -0.39 is 10.0 Å². The van der Waals surface area contributed by atoms with Crippen molar-refractivity contribution in [3.63, 3.8) is 0 Å². The maximum absolute atomic E-state index is 12.4. The zero-order chi connectivity index (χ0) is 14.8. The lowest BCUT2D eigenvalue weighted by molar-refractivity contribution is 0.600. The van der Waals surface area contributed by atoms with Gasteiger partial charge in [-0.05, 0) is 36.7 Å². The second kappa shape index (κ2) is 6.44. The van der Waals surface area contributed by atoms with Crippen LogP contribution in [0, 0.1) is 0 Å². The van der Waals surface area contributed by atoms with Gasteiger partial charge in [0.1, 0.15) is 4.90 Å². The first-order chi connectivity index (χ1) is 9.44. The van der Waals surface area contributed by atoms with Gasteiger partial charge in [0.2, 0.25) is 0 Å². The van der Waals surface area contributed by atoms with E-state index in [9.17, 15) is 8.42 Å². The normalized spacial score (nSPS) is 11.6. The maximum Gasteiger partial charge on any atom is 0.263 e. The molecule has 0 amide bonds. The number of hydrogen-bond acceptors (Lipinski definition) is 4. The average Bonchev–Trinajstić information content (AvgIpc) is 2.82. The molecule has 2 aromatic rings. The van der Waals surface area contributed by atoms with Crippen molar-refractivity contribution in [2.75, 3.05) is 11.8 Å². The van der Waals surface area contributed by atoms with Gasteiger partial charge < -0.3 is 5.32 Å². The molecule has 1 aromatic heterocycles. The van der Waals surface area contributed by atoms with E-state index in [0.717, 1.165) is 9.35 Å². The third-order valence-electron chi connectivity index (χ3n) is 2.51. The van der Waals surface area contributed by atoms with Gasteiger partial charge in [-0.15, -0.1) is 11.3 Å². The molecule has 0 spiro atoms. The van der Waals surface area contributed by atoms with E-state index in [-0.39, 0.29) is 4.90 Å². The number of sulfonamides is 1. The van der Waals surface area contributed by atoms with Crippen LogP contribution in [0.4, 0.5) is 5.69 Å². The largest absolute Gasteiger partial charge is 0.315 e. The van der Waals surface area contributed by atoms with E-state index in [2.05, 4.69) is 26.0 Å². The Hall–Kier alpha value is -0.600. The SMILES string of the molecule is CNCc1sccc1S(=O)(=O)Nc1ccc(Br)cc1Cl. The zero-order valence-electron chi connectivity index (χ0n) is 10.5. The van der Waals surface area contributed by atoms with Gasteiger partial charge in [0, 0.05) is 15.9 Å². The molecule has 0 saturated carbocycles. The van der Waals surface area contributed by atoms with Gasteiger partial charge in [0.25, 0.3) is 10.0 Å². The molecule has 2 rings (SSSR count). The minimum Gasteiger partial charge on any atom is -0.315 e. The first-order valence-corrected chi connectivity index (χ1v) is 9.16. The molecular weight excluding hydrogens is 384 g/mol. The van der Waals surface area contributed by atoms with Crippen molar-refractivity contribution in [2.45, 2.75) is 11.4 Å². The van der Waals surface area contributed by atoms with Crippen molar-refractivity contribution >= 4 is 54.6 Å². The number of anilines is 1. The van der Waals surface area contributed by atoms with Crippen LogP contribution >= 0.6 is 38.9 Å². The predicted molar refractivity (Wildman–Crippen MR) is 87.0 cm³/mol. The summed E-state index contributed by atoms with van der Waals surface area (Å²) in [6.45, 7) is 0.502. The van der Waals surface area contributed by atoms with Crippen LogP contribution in [0.1, 0.15) is 4.88 Å². The topological polar surface area (TPSA) is 58.2 Å². The van der Waals surface area contributed by atoms with E-state index in [4.69, 9.17) is 11.6 Å². The molecule has 0 fully saturated rings. The Morgan fingerprint density at radius 1 is 1.35 bits per heavy atom. The summed E-state index contributed by atoms with van der Waals surface area (Å²) in [7, 11) is -1.86. The fourth-order valence-corrected chi connectivity index (χ4v) is 4.94. The van der Waals surface area contributed by atoms with E-state index in [1.807, 2.05) is 0 Å². The third-order valence-corrected chi connectivity index (χ3v) is 5.81. The number of hydrogen-bond donors (Lipinski definition) is 2. The number of rotatable bonds is 5. The molecule has 1 heterocycles. The predicted octanol–water partition coefficient (Wildman–Crippen LogP) is 3.68. The molecule has 1 aromatic carbocycles. The number of thiophene rings is 1. The van der Waals surface area contributed by atoms with Crippen molar-refractivity contribution < 1.29 is 8.42 Å². The van der Waals surface area contributed by atoms with Crippen LogP contribution in [0.2, 0.25) is 5.02 Å². The number of halogens is 2. The van der Waals surface area contributed by atoms with Crippen LogP contribution in [0.5, 0.6) is 0 Å². The zero-order valence-corrected chi connectivity index (χ0v) is 14.5. The number of nitrogens with one attached hydrogen (secondary N) is 2. The summed E-state index contributed by atoms with van der Waals surface area (Å²) in [6, 6.07) is 6.58. The van der Waals surface area contributed by atoms with Crippen LogP contribution in [0.3, 0.4) is 0 Å². The van der Waals surface area contributed by atoms with Crippen molar-refractivity contribution in [1.82, 2.24) is 5.32 Å². The molecular formula is C12H12BrClN2O2S2. The standard InChI is InChI=1S/C12H12BrClN2O2S2/c1-15-7-11-12(4-5-19-11)20(17,18)16-10-3-2-8(13)6-9(10)14/h2-6,15-16H,7H2,1H3. The Kier molecular flexibility index (Phi) is 5.09. The fourth-order valence-electron chi connectivity index (χ4n) is 1.63. The lowest BCUT2D eigenvalue weighted by atomic mass is 10.3. The summed E-state index contributed by atoms with van der Waals surface area (Å²) in [5.74, 6) is 0. The monoisotopic (exact) mass is 394 g/mol. The van der Waals surface area contributed by atoms with E-state index in [1.165, 1.54) is 11.3 Å². The summed E-state index contributed by atoms with van der Waals surface area (Å²) in [4.78, 5) is 1.03. The van der Waals surface area contributed by atoms with E-state index >= 15 is 0 Å². The summed E-state index contributed by atoms with van der Waals surface area (Å²) in [5, 5.41) is 5.05. The minimum atomic E-state index is -3.64. The Balaban J connectivity index is 2.33. The molecule has 0 atom stereocenters.